The second-order valence-corrected chi connectivity index (χ2v) is 4.10. The van der Waals surface area contributed by atoms with E-state index < -0.39 is 0 Å². The van der Waals surface area contributed by atoms with E-state index in [1.54, 1.807) is 6.20 Å². The van der Waals surface area contributed by atoms with Crippen LogP contribution >= 0.6 is 0 Å². The first-order chi connectivity index (χ1) is 8.93. The summed E-state index contributed by atoms with van der Waals surface area (Å²) in [6.45, 7) is 0. The van der Waals surface area contributed by atoms with E-state index in [9.17, 15) is 0 Å². The quantitative estimate of drug-likeness (QED) is 0.642. The molecule has 0 aliphatic rings. The fourth-order valence-electron chi connectivity index (χ4n) is 1.95. The molecular formula is C17H12N. The van der Waals surface area contributed by atoms with Gasteiger partial charge in [-0.05, 0) is 34.4 Å². The van der Waals surface area contributed by atoms with Crippen LogP contribution in [0.25, 0.3) is 22.3 Å². The molecule has 0 aliphatic carbocycles. The largest absolute Gasteiger partial charge is 0.264 e. The van der Waals surface area contributed by atoms with E-state index in [0.29, 0.717) is 0 Å². The Balaban J connectivity index is 1.95. The van der Waals surface area contributed by atoms with E-state index in [0.717, 1.165) is 11.1 Å². The van der Waals surface area contributed by atoms with Crippen molar-refractivity contribution in [3.8, 4) is 22.3 Å². The van der Waals surface area contributed by atoms with Gasteiger partial charge in [0.2, 0.25) is 0 Å². The summed E-state index contributed by atoms with van der Waals surface area (Å²) >= 11 is 0. The molecule has 3 rings (SSSR count). The standard InChI is InChI=1S/C17H12N/c1-2-5-14(6-3-1)15-8-10-16(11-9-15)17-7-4-12-18-13-17/h1-5,7-13H. The Labute approximate surface area is 107 Å². The monoisotopic (exact) mass is 230 g/mol. The van der Waals surface area contributed by atoms with Gasteiger partial charge in [0.25, 0.3) is 0 Å². The van der Waals surface area contributed by atoms with Gasteiger partial charge in [-0.15, -0.1) is 0 Å². The molecule has 1 nitrogen and oxygen atoms in total. The molecule has 0 spiro atoms. The predicted octanol–water partition coefficient (Wildman–Crippen LogP) is 4.22. The molecule has 85 valence electrons. The third-order valence-electron chi connectivity index (χ3n) is 2.90. The molecule has 0 fully saturated rings. The minimum atomic E-state index is 1.12. The van der Waals surface area contributed by atoms with E-state index in [-0.39, 0.29) is 0 Å². The topological polar surface area (TPSA) is 12.9 Å². The first kappa shape index (κ1) is 10.7. The Bertz CT molecular complexity index is 554. The molecular weight excluding hydrogens is 218 g/mol. The first-order valence-electron chi connectivity index (χ1n) is 5.91. The molecule has 1 heterocycles. The van der Waals surface area contributed by atoms with Gasteiger partial charge < -0.3 is 0 Å². The molecule has 0 atom stereocenters. The van der Waals surface area contributed by atoms with Crippen LogP contribution in [0.5, 0.6) is 0 Å². The maximum Gasteiger partial charge on any atom is 0.0346 e. The number of rotatable bonds is 2. The van der Waals surface area contributed by atoms with Gasteiger partial charge >= 0.3 is 0 Å². The van der Waals surface area contributed by atoms with Gasteiger partial charge in [-0.1, -0.05) is 54.6 Å². The fourth-order valence-corrected chi connectivity index (χ4v) is 1.95. The number of benzene rings is 2. The van der Waals surface area contributed by atoms with Crippen molar-refractivity contribution < 1.29 is 0 Å². The Morgan fingerprint density at radius 1 is 0.722 bits per heavy atom. The molecule has 2 aromatic carbocycles. The zero-order valence-electron chi connectivity index (χ0n) is 9.88. The van der Waals surface area contributed by atoms with Gasteiger partial charge in [0.05, 0.1) is 0 Å². The van der Waals surface area contributed by atoms with Crippen LogP contribution < -0.4 is 0 Å². The summed E-state index contributed by atoms with van der Waals surface area (Å²) in [6.07, 6.45) is 3.67. The van der Waals surface area contributed by atoms with Crippen molar-refractivity contribution in [2.75, 3.05) is 0 Å². The highest BCUT2D eigenvalue weighted by Gasteiger charge is 1.99. The van der Waals surface area contributed by atoms with Crippen LogP contribution in [0, 0.1) is 6.07 Å². The van der Waals surface area contributed by atoms with Crippen molar-refractivity contribution in [1.82, 2.24) is 4.98 Å². The molecule has 3 aromatic rings. The third-order valence-corrected chi connectivity index (χ3v) is 2.90. The van der Waals surface area contributed by atoms with E-state index >= 15 is 0 Å². The van der Waals surface area contributed by atoms with E-state index in [1.165, 1.54) is 11.1 Å². The molecule has 0 unspecified atom stereocenters. The van der Waals surface area contributed by atoms with Crippen molar-refractivity contribution in [1.29, 1.82) is 0 Å². The molecule has 0 amide bonds. The van der Waals surface area contributed by atoms with Crippen molar-refractivity contribution in [3.05, 3.63) is 79.1 Å². The summed E-state index contributed by atoms with van der Waals surface area (Å²) in [5.41, 5.74) is 4.63. The number of pyridine rings is 1. The third kappa shape index (κ3) is 2.16. The number of nitrogens with zero attached hydrogens (tertiary/aromatic N) is 1. The summed E-state index contributed by atoms with van der Waals surface area (Å²) in [6, 6.07) is 23.7. The van der Waals surface area contributed by atoms with Crippen LogP contribution in [0.4, 0.5) is 0 Å². The van der Waals surface area contributed by atoms with E-state index in [2.05, 4.69) is 47.4 Å². The Hall–Kier alpha value is -2.41. The maximum atomic E-state index is 4.14. The van der Waals surface area contributed by atoms with Crippen LogP contribution in [0.1, 0.15) is 0 Å². The minimum Gasteiger partial charge on any atom is -0.264 e. The zero-order chi connectivity index (χ0) is 12.2. The highest BCUT2D eigenvalue weighted by Crippen LogP contribution is 2.23. The second kappa shape index (κ2) is 4.84. The van der Waals surface area contributed by atoms with Crippen LogP contribution in [0.3, 0.4) is 0 Å². The number of aromatic nitrogens is 1. The molecule has 0 N–H and O–H groups in total. The minimum absolute atomic E-state index is 1.12. The number of hydrogen-bond acceptors (Lipinski definition) is 1. The summed E-state index contributed by atoms with van der Waals surface area (Å²) in [4.78, 5) is 4.14. The van der Waals surface area contributed by atoms with Gasteiger partial charge in [-0.3, -0.25) is 4.98 Å². The summed E-state index contributed by atoms with van der Waals surface area (Å²) in [7, 11) is 0. The molecule has 1 heteroatoms. The van der Waals surface area contributed by atoms with Crippen molar-refractivity contribution >= 4 is 0 Å². The SMILES string of the molecule is [c]1ccccc1-c1ccc(-c2cccnc2)cc1. The molecule has 1 radical (unpaired) electrons. The van der Waals surface area contributed by atoms with Crippen LogP contribution in [0.2, 0.25) is 0 Å². The lowest BCUT2D eigenvalue weighted by molar-refractivity contribution is 1.33. The van der Waals surface area contributed by atoms with Gasteiger partial charge in [-0.2, -0.15) is 0 Å². The fraction of sp³-hybridized carbons (Fsp3) is 0. The summed E-state index contributed by atoms with van der Waals surface area (Å²) in [5, 5.41) is 0. The Morgan fingerprint density at radius 3 is 2.22 bits per heavy atom. The zero-order valence-corrected chi connectivity index (χ0v) is 9.88. The molecule has 0 aliphatic heterocycles. The average Bonchev–Trinajstić information content (AvgIpc) is 2.49. The van der Waals surface area contributed by atoms with Crippen LogP contribution in [-0.4, -0.2) is 4.98 Å². The lowest BCUT2D eigenvalue weighted by atomic mass is 10.0. The molecule has 0 saturated heterocycles. The molecule has 0 bridgehead atoms. The smallest absolute Gasteiger partial charge is 0.0346 e. The lowest BCUT2D eigenvalue weighted by Gasteiger charge is -2.04. The normalized spacial score (nSPS) is 10.2. The maximum absolute atomic E-state index is 4.14. The summed E-state index contributed by atoms with van der Waals surface area (Å²) < 4.78 is 0. The number of hydrogen-bond donors (Lipinski definition) is 0. The average molecular weight is 230 g/mol. The van der Waals surface area contributed by atoms with Crippen LogP contribution in [0.15, 0.2) is 73.1 Å². The van der Waals surface area contributed by atoms with Crippen molar-refractivity contribution in [2.45, 2.75) is 0 Å². The first-order valence-corrected chi connectivity index (χ1v) is 5.91. The van der Waals surface area contributed by atoms with Gasteiger partial charge in [0, 0.05) is 12.4 Å². The molecule has 18 heavy (non-hydrogen) atoms. The van der Waals surface area contributed by atoms with Crippen molar-refractivity contribution in [2.24, 2.45) is 0 Å². The molecule has 0 saturated carbocycles. The van der Waals surface area contributed by atoms with E-state index in [1.807, 2.05) is 30.5 Å². The Kier molecular flexibility index (Phi) is 2.89. The predicted molar refractivity (Wildman–Crippen MR) is 73.9 cm³/mol. The lowest BCUT2D eigenvalue weighted by Crippen LogP contribution is -1.81. The highest BCUT2D eigenvalue weighted by molar-refractivity contribution is 5.69. The van der Waals surface area contributed by atoms with Crippen molar-refractivity contribution in [3.63, 3.8) is 0 Å². The van der Waals surface area contributed by atoms with E-state index in [4.69, 9.17) is 0 Å². The summed E-state index contributed by atoms with van der Waals surface area (Å²) in [5.74, 6) is 0. The van der Waals surface area contributed by atoms with Gasteiger partial charge in [-0.25, -0.2) is 0 Å². The van der Waals surface area contributed by atoms with Gasteiger partial charge in [0.1, 0.15) is 0 Å². The highest BCUT2D eigenvalue weighted by atomic mass is 14.6. The second-order valence-electron chi connectivity index (χ2n) is 4.10. The molecule has 1 aromatic heterocycles. The van der Waals surface area contributed by atoms with Crippen LogP contribution in [-0.2, 0) is 0 Å². The Morgan fingerprint density at radius 2 is 1.56 bits per heavy atom. The van der Waals surface area contributed by atoms with Gasteiger partial charge in [0.15, 0.2) is 0 Å².